The van der Waals surface area contributed by atoms with Crippen molar-refractivity contribution in [2.75, 3.05) is 12.1 Å². The van der Waals surface area contributed by atoms with Crippen LogP contribution in [-0.4, -0.2) is 12.7 Å². The Bertz CT molecular complexity index is 1170. The molecule has 152 valence electrons. The van der Waals surface area contributed by atoms with E-state index >= 15 is 0 Å². The summed E-state index contributed by atoms with van der Waals surface area (Å²) in [5.41, 5.74) is 4.87. The summed E-state index contributed by atoms with van der Waals surface area (Å²) in [4.78, 5) is 13.2. The van der Waals surface area contributed by atoms with Gasteiger partial charge in [-0.3, -0.25) is 4.79 Å². The molecule has 5 rings (SSSR count). The Balaban J connectivity index is 1.43. The minimum atomic E-state index is -0.541. The Kier molecular flexibility index (Phi) is 4.28. The van der Waals surface area contributed by atoms with Crippen LogP contribution in [0.1, 0.15) is 29.5 Å². The van der Waals surface area contributed by atoms with Crippen molar-refractivity contribution >= 4 is 11.6 Å². The molecule has 3 aromatic rings. The smallest absolute Gasteiger partial charge is 0.235 e. The second-order valence-electron chi connectivity index (χ2n) is 8.09. The van der Waals surface area contributed by atoms with Gasteiger partial charge >= 0.3 is 0 Å². The van der Waals surface area contributed by atoms with E-state index in [0.29, 0.717) is 17.2 Å². The van der Waals surface area contributed by atoms with Crippen LogP contribution in [-0.2, 0) is 10.2 Å². The van der Waals surface area contributed by atoms with Crippen molar-refractivity contribution in [2.45, 2.75) is 32.1 Å². The van der Waals surface area contributed by atoms with Crippen molar-refractivity contribution in [2.24, 2.45) is 0 Å². The summed E-state index contributed by atoms with van der Waals surface area (Å²) < 4.78 is 24.7. The average molecular weight is 403 g/mol. The minimum Gasteiger partial charge on any atom is -0.454 e. The van der Waals surface area contributed by atoms with E-state index < -0.39 is 5.41 Å². The molecule has 30 heavy (non-hydrogen) atoms. The number of anilines is 1. The van der Waals surface area contributed by atoms with Crippen LogP contribution in [0, 0.1) is 19.7 Å². The van der Waals surface area contributed by atoms with Gasteiger partial charge in [0.25, 0.3) is 0 Å². The van der Waals surface area contributed by atoms with Crippen LogP contribution in [0.2, 0.25) is 0 Å². The zero-order valence-electron chi connectivity index (χ0n) is 16.9. The second-order valence-corrected chi connectivity index (χ2v) is 8.09. The number of hydrogen-bond acceptors (Lipinski definition) is 3. The Morgan fingerprint density at radius 1 is 0.900 bits per heavy atom. The SMILES string of the molecule is Cc1ccc(F)cc1-c1cc(NC(=O)C2(c3ccc4c(c3)OCO4)CC2)ccc1C. The average Bonchev–Trinajstić information content (AvgIpc) is 3.42. The number of rotatable bonds is 4. The Morgan fingerprint density at radius 2 is 1.60 bits per heavy atom. The van der Waals surface area contributed by atoms with Crippen molar-refractivity contribution in [3.8, 4) is 22.6 Å². The number of ether oxygens (including phenoxy) is 2. The first-order valence-electron chi connectivity index (χ1n) is 10.0. The van der Waals surface area contributed by atoms with Crippen molar-refractivity contribution in [3.63, 3.8) is 0 Å². The van der Waals surface area contributed by atoms with E-state index in [1.807, 2.05) is 50.2 Å². The third-order valence-corrected chi connectivity index (χ3v) is 6.10. The van der Waals surface area contributed by atoms with Crippen molar-refractivity contribution in [1.29, 1.82) is 0 Å². The van der Waals surface area contributed by atoms with Gasteiger partial charge in [-0.25, -0.2) is 4.39 Å². The van der Waals surface area contributed by atoms with Gasteiger partial charge in [-0.1, -0.05) is 18.2 Å². The monoisotopic (exact) mass is 403 g/mol. The lowest BCUT2D eigenvalue weighted by Gasteiger charge is -2.18. The Hall–Kier alpha value is -3.34. The van der Waals surface area contributed by atoms with Crippen LogP contribution in [0.5, 0.6) is 11.5 Å². The molecule has 1 heterocycles. The quantitative estimate of drug-likeness (QED) is 0.625. The molecule has 4 nitrogen and oxygen atoms in total. The maximum atomic E-state index is 13.8. The molecule has 0 atom stereocenters. The van der Waals surface area contributed by atoms with Gasteiger partial charge in [0.15, 0.2) is 11.5 Å². The molecule has 1 saturated carbocycles. The number of nitrogens with one attached hydrogen (secondary N) is 1. The highest BCUT2D eigenvalue weighted by Crippen LogP contribution is 2.51. The first-order chi connectivity index (χ1) is 14.5. The molecule has 3 aromatic carbocycles. The van der Waals surface area contributed by atoms with Gasteiger partial charge in [0.1, 0.15) is 5.82 Å². The summed E-state index contributed by atoms with van der Waals surface area (Å²) in [6.07, 6.45) is 1.58. The maximum absolute atomic E-state index is 13.8. The van der Waals surface area contributed by atoms with E-state index in [4.69, 9.17) is 9.47 Å². The topological polar surface area (TPSA) is 47.6 Å². The Morgan fingerprint density at radius 3 is 2.37 bits per heavy atom. The largest absolute Gasteiger partial charge is 0.454 e. The summed E-state index contributed by atoms with van der Waals surface area (Å²) in [6, 6.07) is 16.2. The van der Waals surface area contributed by atoms with Crippen LogP contribution < -0.4 is 14.8 Å². The minimum absolute atomic E-state index is 0.0351. The number of benzene rings is 3. The van der Waals surface area contributed by atoms with Crippen LogP contribution in [0.15, 0.2) is 54.6 Å². The normalized spacial score (nSPS) is 15.7. The summed E-state index contributed by atoms with van der Waals surface area (Å²) in [7, 11) is 0. The van der Waals surface area contributed by atoms with Crippen molar-refractivity contribution in [1.82, 2.24) is 0 Å². The lowest BCUT2D eigenvalue weighted by molar-refractivity contribution is -0.118. The Labute approximate surface area is 174 Å². The van der Waals surface area contributed by atoms with Gasteiger partial charge in [-0.15, -0.1) is 0 Å². The molecule has 0 bridgehead atoms. The van der Waals surface area contributed by atoms with E-state index in [-0.39, 0.29) is 18.5 Å². The van der Waals surface area contributed by atoms with Gasteiger partial charge in [0.05, 0.1) is 5.41 Å². The highest BCUT2D eigenvalue weighted by Gasteiger charge is 2.51. The third-order valence-electron chi connectivity index (χ3n) is 6.10. The predicted octanol–water partition coefficient (Wildman–Crippen LogP) is 5.51. The highest BCUT2D eigenvalue weighted by molar-refractivity contribution is 6.02. The van der Waals surface area contributed by atoms with Crippen LogP contribution >= 0.6 is 0 Å². The van der Waals surface area contributed by atoms with Gasteiger partial charge < -0.3 is 14.8 Å². The molecule has 0 radical (unpaired) electrons. The fourth-order valence-corrected chi connectivity index (χ4v) is 4.09. The van der Waals surface area contributed by atoms with Crippen LogP contribution in [0.25, 0.3) is 11.1 Å². The standard InChI is InChI=1S/C25H22FNO3/c1-15-3-6-18(26)12-20(15)21-13-19(7-4-16(21)2)27-24(28)25(9-10-25)17-5-8-22-23(11-17)30-14-29-22/h3-8,11-13H,9-10,14H2,1-2H3,(H,27,28). The molecule has 1 aliphatic heterocycles. The zero-order valence-corrected chi connectivity index (χ0v) is 16.9. The van der Waals surface area contributed by atoms with Crippen LogP contribution in [0.4, 0.5) is 10.1 Å². The second kappa shape index (κ2) is 6.87. The van der Waals surface area contributed by atoms with Gasteiger partial charge in [-0.05, 0) is 90.9 Å². The molecule has 1 fully saturated rings. The highest BCUT2D eigenvalue weighted by atomic mass is 19.1. The fraction of sp³-hybridized carbons (Fsp3) is 0.240. The molecule has 2 aliphatic rings. The molecule has 0 aromatic heterocycles. The summed E-state index contributed by atoms with van der Waals surface area (Å²) in [5, 5.41) is 3.08. The van der Waals surface area contributed by atoms with E-state index in [9.17, 15) is 9.18 Å². The third kappa shape index (κ3) is 3.11. The predicted molar refractivity (Wildman–Crippen MR) is 113 cm³/mol. The molecule has 1 N–H and O–H groups in total. The molecule has 0 unspecified atom stereocenters. The fourth-order valence-electron chi connectivity index (χ4n) is 4.09. The first kappa shape index (κ1) is 18.7. The van der Waals surface area contributed by atoms with Crippen LogP contribution in [0.3, 0.4) is 0 Å². The summed E-state index contributed by atoms with van der Waals surface area (Å²) in [6.45, 7) is 4.15. The number of carbonyl (C=O) groups excluding carboxylic acids is 1. The number of fused-ring (bicyclic) bond motifs is 1. The van der Waals surface area contributed by atoms with Crippen molar-refractivity contribution in [3.05, 3.63) is 77.1 Å². The molecule has 1 aliphatic carbocycles. The van der Waals surface area contributed by atoms with E-state index in [2.05, 4.69) is 5.32 Å². The summed E-state index contributed by atoms with van der Waals surface area (Å²) in [5.74, 6) is 1.09. The lowest BCUT2D eigenvalue weighted by atomic mass is 9.93. The number of aryl methyl sites for hydroxylation is 2. The number of amides is 1. The van der Waals surface area contributed by atoms with Gasteiger partial charge in [0.2, 0.25) is 12.7 Å². The molecular formula is C25H22FNO3. The number of carbonyl (C=O) groups is 1. The first-order valence-corrected chi connectivity index (χ1v) is 10.0. The van der Waals surface area contributed by atoms with Crippen molar-refractivity contribution < 1.29 is 18.7 Å². The molecule has 5 heteroatoms. The zero-order chi connectivity index (χ0) is 20.9. The number of hydrogen-bond donors (Lipinski definition) is 1. The number of halogens is 1. The molecule has 1 amide bonds. The van der Waals surface area contributed by atoms with Gasteiger partial charge in [-0.2, -0.15) is 0 Å². The maximum Gasteiger partial charge on any atom is 0.235 e. The van der Waals surface area contributed by atoms with Gasteiger partial charge in [0, 0.05) is 5.69 Å². The molecular weight excluding hydrogens is 381 g/mol. The molecule has 0 saturated heterocycles. The lowest BCUT2D eigenvalue weighted by Crippen LogP contribution is -2.27. The van der Waals surface area contributed by atoms with E-state index in [1.165, 1.54) is 12.1 Å². The summed E-state index contributed by atoms with van der Waals surface area (Å²) >= 11 is 0. The molecule has 0 spiro atoms. The van der Waals surface area contributed by atoms with E-state index in [1.54, 1.807) is 6.07 Å². The van der Waals surface area contributed by atoms with E-state index in [0.717, 1.165) is 40.7 Å².